The third-order valence-corrected chi connectivity index (χ3v) is 6.45. The number of hydrogen-bond donors (Lipinski definition) is 0. The van der Waals surface area contributed by atoms with Crippen molar-refractivity contribution in [3.05, 3.63) is 35.9 Å². The van der Waals surface area contributed by atoms with Crippen molar-refractivity contribution in [2.24, 2.45) is 0 Å². The molecule has 0 aromatic heterocycles. The fourth-order valence-electron chi connectivity index (χ4n) is 4.96. The first kappa shape index (κ1) is 24.4. The van der Waals surface area contributed by atoms with Crippen molar-refractivity contribution in [2.45, 2.75) is 123 Å². The zero-order valence-corrected chi connectivity index (χ0v) is 20.3. The van der Waals surface area contributed by atoms with Gasteiger partial charge in [-0.25, -0.2) is 0 Å². The molecule has 1 aliphatic rings. The number of benzene rings is 1. The van der Waals surface area contributed by atoms with Crippen LogP contribution >= 0.6 is 0 Å². The molecule has 3 nitrogen and oxygen atoms in total. The second-order valence-electron chi connectivity index (χ2n) is 10.7. The minimum absolute atomic E-state index is 0.0503. The molecular formula is C26H45NO2. The Morgan fingerprint density at radius 2 is 1.41 bits per heavy atom. The van der Waals surface area contributed by atoms with Crippen LogP contribution in [0, 0.1) is 0 Å². The summed E-state index contributed by atoms with van der Waals surface area (Å²) in [6.07, 6.45) is 8.27. The summed E-state index contributed by atoms with van der Waals surface area (Å²) in [4.78, 5) is 7.11. The summed E-state index contributed by atoms with van der Waals surface area (Å²) in [5.74, 6) is 0. The lowest BCUT2D eigenvalue weighted by atomic mass is 9.76. The maximum Gasteiger partial charge on any atom is 0.135 e. The van der Waals surface area contributed by atoms with Gasteiger partial charge >= 0.3 is 0 Å². The number of piperidine rings is 1. The molecule has 2 rings (SSSR count). The molecule has 1 aromatic carbocycles. The Bertz CT molecular complexity index is 597. The molecule has 1 saturated heterocycles. The number of hydroxylamine groups is 2. The van der Waals surface area contributed by atoms with Gasteiger partial charge in [0.15, 0.2) is 0 Å². The summed E-state index contributed by atoms with van der Waals surface area (Å²) < 4.78 is 6.30. The van der Waals surface area contributed by atoms with E-state index in [0.29, 0.717) is 6.61 Å². The van der Waals surface area contributed by atoms with Gasteiger partial charge in [-0.15, -0.1) is 0 Å². The molecule has 166 valence electrons. The van der Waals surface area contributed by atoms with E-state index in [2.05, 4.69) is 90.8 Å². The molecule has 0 aliphatic carbocycles. The highest BCUT2D eigenvalue weighted by Gasteiger charge is 2.50. The molecule has 0 radical (unpaired) electrons. The molecule has 1 fully saturated rings. The van der Waals surface area contributed by atoms with Gasteiger partial charge in [-0.05, 0) is 79.2 Å². The van der Waals surface area contributed by atoms with Crippen LogP contribution in [0.3, 0.4) is 0 Å². The minimum atomic E-state index is -0.532. The highest BCUT2D eigenvalue weighted by Crippen LogP contribution is 2.46. The van der Waals surface area contributed by atoms with Crippen molar-refractivity contribution in [3.8, 4) is 0 Å². The van der Waals surface area contributed by atoms with Crippen molar-refractivity contribution in [1.82, 2.24) is 5.06 Å². The molecule has 3 atom stereocenters. The number of ether oxygens (including phenoxy) is 1. The predicted octanol–water partition coefficient (Wildman–Crippen LogP) is 7.25. The number of hydrogen-bond acceptors (Lipinski definition) is 3. The van der Waals surface area contributed by atoms with Gasteiger partial charge in [-0.3, -0.25) is 4.84 Å². The van der Waals surface area contributed by atoms with Gasteiger partial charge in [0.05, 0.1) is 12.2 Å². The second kappa shape index (κ2) is 9.49. The third-order valence-electron chi connectivity index (χ3n) is 6.45. The van der Waals surface area contributed by atoms with E-state index in [4.69, 9.17) is 9.57 Å². The molecule has 0 saturated carbocycles. The van der Waals surface area contributed by atoms with Crippen molar-refractivity contribution in [1.29, 1.82) is 0 Å². The second-order valence-corrected chi connectivity index (χ2v) is 10.7. The molecule has 0 N–H and O–H groups in total. The molecule has 29 heavy (non-hydrogen) atoms. The van der Waals surface area contributed by atoms with Gasteiger partial charge in [-0.2, -0.15) is 5.06 Å². The summed E-state index contributed by atoms with van der Waals surface area (Å²) in [6.45, 7) is 18.4. The molecule has 1 aromatic rings. The SMILES string of the molecule is CCCC1(C)CCCC(C)(CCC)N1OC(C)(COC(C)(C)C)c1ccccc1. The van der Waals surface area contributed by atoms with E-state index in [0.717, 1.165) is 12.8 Å². The molecule has 0 amide bonds. The topological polar surface area (TPSA) is 21.7 Å². The molecule has 0 spiro atoms. The fraction of sp³-hybridized carbons (Fsp3) is 0.769. The van der Waals surface area contributed by atoms with Gasteiger partial charge in [-0.1, -0.05) is 57.0 Å². The average Bonchev–Trinajstić information content (AvgIpc) is 2.64. The Labute approximate surface area is 180 Å². The van der Waals surface area contributed by atoms with Crippen LogP contribution in [0.25, 0.3) is 0 Å². The highest BCUT2D eigenvalue weighted by molar-refractivity contribution is 5.22. The maximum absolute atomic E-state index is 7.11. The van der Waals surface area contributed by atoms with Crippen LogP contribution in [0.15, 0.2) is 30.3 Å². The van der Waals surface area contributed by atoms with Crippen LogP contribution in [0.1, 0.15) is 106 Å². The standard InChI is InChI=1S/C26H45NO2/c1-9-17-24(6)19-14-20-25(7,18-10-2)27(24)29-26(8,21-28-23(3,4)5)22-15-12-11-13-16-22/h11-13,15-16H,9-10,14,17-21H2,1-8H3. The first-order valence-corrected chi connectivity index (χ1v) is 11.7. The van der Waals surface area contributed by atoms with Crippen LogP contribution in [-0.2, 0) is 15.2 Å². The molecule has 3 heteroatoms. The summed E-state index contributed by atoms with van der Waals surface area (Å²) in [5, 5.41) is 2.41. The van der Waals surface area contributed by atoms with Crippen LogP contribution < -0.4 is 0 Å². The van der Waals surface area contributed by atoms with E-state index in [1.54, 1.807) is 0 Å². The van der Waals surface area contributed by atoms with Crippen LogP contribution in [0.4, 0.5) is 0 Å². The third kappa shape index (κ3) is 6.06. The smallest absolute Gasteiger partial charge is 0.135 e. The zero-order chi connectivity index (χ0) is 21.8. The quantitative estimate of drug-likeness (QED) is 0.433. The molecular weight excluding hydrogens is 358 g/mol. The minimum Gasteiger partial charge on any atom is -0.372 e. The fourth-order valence-corrected chi connectivity index (χ4v) is 4.96. The van der Waals surface area contributed by atoms with Gasteiger partial charge in [0, 0.05) is 11.1 Å². The first-order chi connectivity index (χ1) is 13.5. The Kier molecular flexibility index (Phi) is 7.98. The van der Waals surface area contributed by atoms with Gasteiger partial charge in [0.25, 0.3) is 0 Å². The first-order valence-electron chi connectivity index (χ1n) is 11.7. The molecule has 1 heterocycles. The lowest BCUT2D eigenvalue weighted by Gasteiger charge is -2.57. The monoisotopic (exact) mass is 403 g/mol. The normalized spacial score (nSPS) is 28.3. The van der Waals surface area contributed by atoms with Crippen LogP contribution in [0.5, 0.6) is 0 Å². The Balaban J connectivity index is 2.45. The van der Waals surface area contributed by atoms with Crippen LogP contribution in [0.2, 0.25) is 0 Å². The summed E-state index contributed by atoms with van der Waals surface area (Å²) >= 11 is 0. The van der Waals surface area contributed by atoms with Crippen molar-refractivity contribution < 1.29 is 9.57 Å². The highest BCUT2D eigenvalue weighted by atomic mass is 16.7. The largest absolute Gasteiger partial charge is 0.372 e. The average molecular weight is 404 g/mol. The van der Waals surface area contributed by atoms with Gasteiger partial charge < -0.3 is 4.74 Å². The summed E-state index contributed by atoms with van der Waals surface area (Å²) in [6, 6.07) is 10.6. The van der Waals surface area contributed by atoms with E-state index in [9.17, 15) is 0 Å². The van der Waals surface area contributed by atoms with E-state index in [1.165, 1.54) is 37.7 Å². The van der Waals surface area contributed by atoms with Gasteiger partial charge in [0.2, 0.25) is 0 Å². The van der Waals surface area contributed by atoms with E-state index in [1.807, 2.05) is 0 Å². The van der Waals surface area contributed by atoms with E-state index >= 15 is 0 Å². The van der Waals surface area contributed by atoms with Crippen LogP contribution in [-0.4, -0.2) is 28.3 Å². The number of nitrogens with zero attached hydrogens (tertiary/aromatic N) is 1. The lowest BCUT2D eigenvalue weighted by molar-refractivity contribution is -0.355. The Hall–Kier alpha value is -0.900. The van der Waals surface area contributed by atoms with Crippen molar-refractivity contribution >= 4 is 0 Å². The molecule has 0 bridgehead atoms. The maximum atomic E-state index is 7.11. The van der Waals surface area contributed by atoms with E-state index in [-0.39, 0.29) is 16.7 Å². The Morgan fingerprint density at radius 3 is 1.86 bits per heavy atom. The van der Waals surface area contributed by atoms with Gasteiger partial charge in [0.1, 0.15) is 5.60 Å². The molecule has 1 aliphatic heterocycles. The van der Waals surface area contributed by atoms with Crippen molar-refractivity contribution in [3.63, 3.8) is 0 Å². The summed E-state index contributed by atoms with van der Waals surface area (Å²) in [7, 11) is 0. The lowest BCUT2D eigenvalue weighted by Crippen LogP contribution is -2.63. The van der Waals surface area contributed by atoms with Crippen molar-refractivity contribution in [2.75, 3.05) is 6.61 Å². The number of rotatable bonds is 9. The summed E-state index contributed by atoms with van der Waals surface area (Å²) in [5.41, 5.74) is 0.535. The van der Waals surface area contributed by atoms with E-state index < -0.39 is 5.60 Å². The zero-order valence-electron chi connectivity index (χ0n) is 20.3. The Morgan fingerprint density at radius 1 is 0.897 bits per heavy atom. The predicted molar refractivity (Wildman–Crippen MR) is 123 cm³/mol. The molecule has 3 unspecified atom stereocenters.